The molecule has 0 spiro atoms. The fourth-order valence-corrected chi connectivity index (χ4v) is 4.08. The summed E-state index contributed by atoms with van der Waals surface area (Å²) in [6.45, 7) is 3.35. The van der Waals surface area contributed by atoms with Crippen LogP contribution < -0.4 is 25.0 Å². The van der Waals surface area contributed by atoms with Crippen molar-refractivity contribution < 1.29 is 19.1 Å². The van der Waals surface area contributed by atoms with Gasteiger partial charge in [-0.3, -0.25) is 9.59 Å². The molecule has 1 aliphatic heterocycles. The summed E-state index contributed by atoms with van der Waals surface area (Å²) in [5.41, 5.74) is 2.43. The van der Waals surface area contributed by atoms with Gasteiger partial charge in [0.2, 0.25) is 0 Å². The normalized spacial score (nSPS) is 13.5. The van der Waals surface area contributed by atoms with E-state index >= 15 is 0 Å². The van der Waals surface area contributed by atoms with Crippen molar-refractivity contribution in [2.24, 2.45) is 0 Å². The number of nitrogens with one attached hydrogen (secondary N) is 2. The van der Waals surface area contributed by atoms with Gasteiger partial charge in [0.25, 0.3) is 11.8 Å². The molecule has 2 N–H and O–H groups in total. The average Bonchev–Trinajstić information content (AvgIpc) is 2.86. The lowest BCUT2D eigenvalue weighted by Gasteiger charge is -2.30. The van der Waals surface area contributed by atoms with Gasteiger partial charge in [0, 0.05) is 37.1 Å². The van der Waals surface area contributed by atoms with E-state index < -0.39 is 0 Å². The first kappa shape index (κ1) is 25.4. The lowest BCUT2D eigenvalue weighted by Crippen LogP contribution is -2.33. The number of carbonyl (C=O) groups is 2. The van der Waals surface area contributed by atoms with Gasteiger partial charge >= 0.3 is 0 Å². The number of rotatable bonds is 10. The van der Waals surface area contributed by atoms with E-state index in [1.807, 2.05) is 26.2 Å². The molecule has 8 nitrogen and oxygen atoms in total. The molecular weight excluding hydrogens is 432 g/mol. The summed E-state index contributed by atoms with van der Waals surface area (Å²) >= 11 is 0. The Morgan fingerprint density at radius 3 is 2.38 bits per heavy atom. The van der Waals surface area contributed by atoms with Gasteiger partial charge < -0.3 is 29.9 Å². The number of amides is 2. The second-order valence-corrected chi connectivity index (χ2v) is 8.71. The minimum absolute atomic E-state index is 0.127. The van der Waals surface area contributed by atoms with Crippen molar-refractivity contribution in [3.8, 4) is 11.5 Å². The molecule has 2 aromatic carbocycles. The second-order valence-electron chi connectivity index (χ2n) is 8.71. The summed E-state index contributed by atoms with van der Waals surface area (Å²) in [5.74, 6) is 0.577. The Morgan fingerprint density at radius 1 is 0.941 bits per heavy atom. The summed E-state index contributed by atoms with van der Waals surface area (Å²) in [5, 5.41) is 5.95. The van der Waals surface area contributed by atoms with Crippen LogP contribution in [0.3, 0.4) is 0 Å². The molecule has 0 unspecified atom stereocenters. The van der Waals surface area contributed by atoms with Crippen LogP contribution in [0.25, 0.3) is 0 Å². The molecule has 184 valence electrons. The van der Waals surface area contributed by atoms with Crippen molar-refractivity contribution in [1.82, 2.24) is 10.2 Å². The molecule has 1 heterocycles. The van der Waals surface area contributed by atoms with E-state index in [0.29, 0.717) is 34.9 Å². The topological polar surface area (TPSA) is 83.1 Å². The molecular formula is C26H36N4O4. The number of anilines is 2. The monoisotopic (exact) mass is 468 g/mol. The van der Waals surface area contributed by atoms with Crippen molar-refractivity contribution in [2.75, 3.05) is 64.7 Å². The molecule has 8 heteroatoms. The molecule has 0 bridgehead atoms. The fraction of sp³-hybridized carbons (Fsp3) is 0.462. The minimum Gasteiger partial charge on any atom is -0.497 e. The highest BCUT2D eigenvalue weighted by Crippen LogP contribution is 2.29. The molecule has 1 fully saturated rings. The lowest BCUT2D eigenvalue weighted by molar-refractivity contribution is 0.0951. The molecule has 0 aliphatic carbocycles. The van der Waals surface area contributed by atoms with Crippen LogP contribution >= 0.6 is 0 Å². The number of carbonyl (C=O) groups excluding carboxylic acids is 2. The molecule has 0 saturated carbocycles. The van der Waals surface area contributed by atoms with Gasteiger partial charge in [-0.25, -0.2) is 0 Å². The Labute approximate surface area is 202 Å². The zero-order valence-electron chi connectivity index (χ0n) is 20.6. The third kappa shape index (κ3) is 6.63. The van der Waals surface area contributed by atoms with Crippen LogP contribution in [-0.4, -0.2) is 71.2 Å². The third-order valence-electron chi connectivity index (χ3n) is 5.92. The fourth-order valence-electron chi connectivity index (χ4n) is 4.08. The lowest BCUT2D eigenvalue weighted by atomic mass is 10.1. The van der Waals surface area contributed by atoms with Gasteiger partial charge in [0.15, 0.2) is 0 Å². The van der Waals surface area contributed by atoms with Crippen molar-refractivity contribution in [3.05, 3.63) is 47.5 Å². The van der Waals surface area contributed by atoms with Gasteiger partial charge in [-0.1, -0.05) is 0 Å². The predicted molar refractivity (Wildman–Crippen MR) is 136 cm³/mol. The maximum absolute atomic E-state index is 13.1. The highest BCUT2D eigenvalue weighted by molar-refractivity contribution is 6.08. The van der Waals surface area contributed by atoms with Gasteiger partial charge in [-0.15, -0.1) is 0 Å². The summed E-state index contributed by atoms with van der Waals surface area (Å²) in [6.07, 6.45) is 4.30. The van der Waals surface area contributed by atoms with E-state index in [-0.39, 0.29) is 11.8 Å². The Balaban J connectivity index is 1.82. The van der Waals surface area contributed by atoms with Crippen LogP contribution in [0.2, 0.25) is 0 Å². The number of benzene rings is 2. The van der Waals surface area contributed by atoms with E-state index in [0.717, 1.165) is 44.6 Å². The van der Waals surface area contributed by atoms with Crippen LogP contribution in [0, 0.1) is 0 Å². The van der Waals surface area contributed by atoms with E-state index in [4.69, 9.17) is 9.47 Å². The molecule has 3 rings (SSSR count). The van der Waals surface area contributed by atoms with Crippen molar-refractivity contribution in [1.29, 1.82) is 0 Å². The molecule has 0 aromatic heterocycles. The predicted octanol–water partition coefficient (Wildman–Crippen LogP) is 3.63. The zero-order valence-corrected chi connectivity index (χ0v) is 20.6. The first-order valence-electron chi connectivity index (χ1n) is 11.8. The largest absolute Gasteiger partial charge is 0.497 e. The van der Waals surface area contributed by atoms with E-state index in [2.05, 4.69) is 20.4 Å². The van der Waals surface area contributed by atoms with Gasteiger partial charge in [-0.05, 0) is 76.7 Å². The Hall–Kier alpha value is -3.26. The zero-order chi connectivity index (χ0) is 24.5. The van der Waals surface area contributed by atoms with E-state index in [1.54, 1.807) is 31.4 Å². The summed E-state index contributed by atoms with van der Waals surface area (Å²) in [4.78, 5) is 30.5. The first-order valence-corrected chi connectivity index (χ1v) is 11.8. The van der Waals surface area contributed by atoms with Crippen LogP contribution in [0.1, 0.15) is 46.4 Å². The molecule has 1 saturated heterocycles. The molecule has 0 atom stereocenters. The second kappa shape index (κ2) is 12.3. The van der Waals surface area contributed by atoms with E-state index in [9.17, 15) is 9.59 Å². The Bertz CT molecular complexity index is 987. The summed E-state index contributed by atoms with van der Waals surface area (Å²) in [6, 6.07) is 10.6. The number of piperidine rings is 1. The summed E-state index contributed by atoms with van der Waals surface area (Å²) in [7, 11) is 7.10. The highest BCUT2D eigenvalue weighted by Gasteiger charge is 2.20. The summed E-state index contributed by atoms with van der Waals surface area (Å²) < 4.78 is 10.6. The van der Waals surface area contributed by atoms with Gasteiger partial charge in [0.05, 0.1) is 25.3 Å². The van der Waals surface area contributed by atoms with Crippen molar-refractivity contribution in [3.63, 3.8) is 0 Å². The van der Waals surface area contributed by atoms with Gasteiger partial charge in [0.1, 0.15) is 11.5 Å². The van der Waals surface area contributed by atoms with Crippen LogP contribution in [-0.2, 0) is 0 Å². The minimum atomic E-state index is -0.317. The number of hydrogen-bond donors (Lipinski definition) is 2. The Morgan fingerprint density at radius 2 is 1.71 bits per heavy atom. The number of methoxy groups -OCH3 is 2. The van der Waals surface area contributed by atoms with Crippen molar-refractivity contribution >= 4 is 23.2 Å². The molecule has 0 radical (unpaired) electrons. The van der Waals surface area contributed by atoms with E-state index in [1.165, 1.54) is 13.5 Å². The molecule has 2 aromatic rings. The van der Waals surface area contributed by atoms with Gasteiger partial charge in [-0.2, -0.15) is 0 Å². The van der Waals surface area contributed by atoms with Crippen LogP contribution in [0.15, 0.2) is 36.4 Å². The maximum atomic E-state index is 13.1. The molecule has 1 aliphatic rings. The average molecular weight is 469 g/mol. The number of ether oxygens (including phenoxy) is 2. The third-order valence-corrected chi connectivity index (χ3v) is 5.92. The quantitative estimate of drug-likeness (QED) is 0.518. The SMILES string of the molecule is COc1ccc(C(=O)Nc2ccc(N3CCCCC3)c(C(=O)NCCCN(C)C)c2)c(OC)c1. The first-order chi connectivity index (χ1) is 16.4. The Kier molecular flexibility index (Phi) is 9.16. The smallest absolute Gasteiger partial charge is 0.259 e. The van der Waals surface area contributed by atoms with Crippen LogP contribution in [0.5, 0.6) is 11.5 Å². The standard InChI is InChI=1S/C26H36N4O4/c1-29(2)14-8-13-27-25(31)22-17-19(9-12-23(22)30-15-6-5-7-16-30)28-26(32)21-11-10-20(33-3)18-24(21)34-4/h9-12,17-18H,5-8,13-16H2,1-4H3,(H,27,31)(H,28,32). The molecule has 2 amide bonds. The van der Waals surface area contributed by atoms with Crippen molar-refractivity contribution in [2.45, 2.75) is 25.7 Å². The highest BCUT2D eigenvalue weighted by atomic mass is 16.5. The number of nitrogens with zero attached hydrogens (tertiary/aromatic N) is 2. The van der Waals surface area contributed by atoms with Crippen LogP contribution in [0.4, 0.5) is 11.4 Å². The number of hydrogen-bond acceptors (Lipinski definition) is 6. The maximum Gasteiger partial charge on any atom is 0.259 e. The molecule has 34 heavy (non-hydrogen) atoms.